The molecule has 4 nitrogen and oxygen atoms in total. The summed E-state index contributed by atoms with van der Waals surface area (Å²) in [6, 6.07) is 8.20. The summed E-state index contributed by atoms with van der Waals surface area (Å²) in [6.07, 6.45) is 0.978. The molecule has 1 aromatic carbocycles. The number of nitrogens with one attached hydrogen (secondary N) is 1. The van der Waals surface area contributed by atoms with E-state index in [1.807, 2.05) is 26.1 Å². The molecule has 4 heteroatoms. The lowest BCUT2D eigenvalue weighted by Crippen LogP contribution is -2.00. The molecule has 0 aliphatic carbocycles. The van der Waals surface area contributed by atoms with Gasteiger partial charge < -0.3 is 10.1 Å². The molecule has 18 heavy (non-hydrogen) atoms. The molecule has 1 aliphatic heterocycles. The zero-order valence-corrected chi connectivity index (χ0v) is 10.5. The summed E-state index contributed by atoms with van der Waals surface area (Å²) in [7, 11) is 1.82. The van der Waals surface area contributed by atoms with Gasteiger partial charge in [-0.15, -0.1) is 0 Å². The van der Waals surface area contributed by atoms with Gasteiger partial charge in [-0.3, -0.25) is 0 Å². The van der Waals surface area contributed by atoms with Crippen LogP contribution in [0.1, 0.15) is 11.3 Å². The van der Waals surface area contributed by atoms with E-state index in [-0.39, 0.29) is 0 Å². The summed E-state index contributed by atoms with van der Waals surface area (Å²) in [4.78, 5) is 8.81. The molecule has 0 saturated heterocycles. The van der Waals surface area contributed by atoms with Crippen LogP contribution in [0.25, 0.3) is 11.3 Å². The Bertz CT molecular complexity index is 596. The van der Waals surface area contributed by atoms with Gasteiger partial charge in [-0.25, -0.2) is 9.97 Å². The van der Waals surface area contributed by atoms with Crippen molar-refractivity contribution in [3.05, 3.63) is 35.5 Å². The molecule has 0 atom stereocenters. The topological polar surface area (TPSA) is 47.0 Å². The van der Waals surface area contributed by atoms with Gasteiger partial charge >= 0.3 is 0 Å². The third kappa shape index (κ3) is 1.79. The van der Waals surface area contributed by atoms with Crippen LogP contribution in [0.4, 0.5) is 5.95 Å². The van der Waals surface area contributed by atoms with Gasteiger partial charge in [0.25, 0.3) is 0 Å². The van der Waals surface area contributed by atoms with Crippen molar-refractivity contribution in [1.29, 1.82) is 0 Å². The van der Waals surface area contributed by atoms with Crippen molar-refractivity contribution in [2.24, 2.45) is 0 Å². The van der Waals surface area contributed by atoms with Gasteiger partial charge in [0.2, 0.25) is 5.95 Å². The fraction of sp³-hybridized carbons (Fsp3) is 0.286. The summed E-state index contributed by atoms with van der Waals surface area (Å²) in [5.74, 6) is 1.61. The number of benzene rings is 1. The van der Waals surface area contributed by atoms with Crippen molar-refractivity contribution >= 4 is 5.95 Å². The fourth-order valence-corrected chi connectivity index (χ4v) is 2.24. The van der Waals surface area contributed by atoms with E-state index >= 15 is 0 Å². The Morgan fingerprint density at radius 1 is 1.28 bits per heavy atom. The first-order chi connectivity index (χ1) is 8.78. The van der Waals surface area contributed by atoms with Crippen LogP contribution in [-0.4, -0.2) is 23.6 Å². The third-order valence-electron chi connectivity index (χ3n) is 3.07. The number of aryl methyl sites for hydroxylation is 1. The van der Waals surface area contributed by atoms with Crippen LogP contribution in [0.5, 0.6) is 5.75 Å². The minimum absolute atomic E-state index is 0.639. The monoisotopic (exact) mass is 241 g/mol. The molecule has 92 valence electrons. The molecule has 2 aromatic rings. The van der Waals surface area contributed by atoms with Crippen LogP contribution >= 0.6 is 0 Å². The van der Waals surface area contributed by atoms with Crippen molar-refractivity contribution in [2.75, 3.05) is 19.0 Å². The van der Waals surface area contributed by atoms with E-state index in [1.54, 1.807) is 0 Å². The number of rotatable bonds is 2. The number of ether oxygens (including phenoxy) is 1. The van der Waals surface area contributed by atoms with Crippen LogP contribution in [0, 0.1) is 6.92 Å². The standard InChI is InChI=1S/C14H15N3O/c1-9-8-12(17-14(15-2)16-9)11-5-3-4-10-6-7-18-13(10)11/h3-5,8H,6-7H2,1-2H3,(H,15,16,17). The third-order valence-corrected chi connectivity index (χ3v) is 3.07. The van der Waals surface area contributed by atoms with Crippen LogP contribution in [0.3, 0.4) is 0 Å². The lowest BCUT2D eigenvalue weighted by Gasteiger charge is -2.09. The molecule has 1 N–H and O–H groups in total. The van der Waals surface area contributed by atoms with Gasteiger partial charge in [0.15, 0.2) is 0 Å². The van der Waals surface area contributed by atoms with E-state index in [1.165, 1.54) is 5.56 Å². The highest BCUT2D eigenvalue weighted by molar-refractivity contribution is 5.71. The molecule has 0 fully saturated rings. The number of hydrogen-bond acceptors (Lipinski definition) is 4. The van der Waals surface area contributed by atoms with Crippen LogP contribution in [-0.2, 0) is 6.42 Å². The second-order valence-corrected chi connectivity index (χ2v) is 4.36. The number of hydrogen-bond donors (Lipinski definition) is 1. The molecule has 0 amide bonds. The molecule has 0 spiro atoms. The average molecular weight is 241 g/mol. The Morgan fingerprint density at radius 3 is 3.00 bits per heavy atom. The smallest absolute Gasteiger partial charge is 0.223 e. The molecule has 3 rings (SSSR count). The maximum absolute atomic E-state index is 5.72. The van der Waals surface area contributed by atoms with Crippen molar-refractivity contribution in [2.45, 2.75) is 13.3 Å². The Labute approximate surface area is 106 Å². The normalized spacial score (nSPS) is 13.0. The highest BCUT2D eigenvalue weighted by Gasteiger charge is 2.18. The van der Waals surface area contributed by atoms with Gasteiger partial charge in [0, 0.05) is 24.7 Å². The number of nitrogens with zero attached hydrogens (tertiary/aromatic N) is 2. The number of anilines is 1. The largest absolute Gasteiger partial charge is 0.492 e. The Balaban J connectivity index is 2.15. The highest BCUT2D eigenvalue weighted by atomic mass is 16.5. The fourth-order valence-electron chi connectivity index (χ4n) is 2.24. The quantitative estimate of drug-likeness (QED) is 0.877. The first-order valence-corrected chi connectivity index (χ1v) is 6.06. The van der Waals surface area contributed by atoms with Crippen molar-refractivity contribution in [3.8, 4) is 17.0 Å². The van der Waals surface area contributed by atoms with E-state index in [9.17, 15) is 0 Å². The summed E-state index contributed by atoms with van der Waals surface area (Å²) in [5.41, 5.74) is 4.16. The first kappa shape index (κ1) is 11.0. The van der Waals surface area contributed by atoms with Gasteiger partial charge in [0.05, 0.1) is 12.3 Å². The zero-order valence-electron chi connectivity index (χ0n) is 10.5. The second-order valence-electron chi connectivity index (χ2n) is 4.36. The van der Waals surface area contributed by atoms with E-state index in [0.717, 1.165) is 35.7 Å². The Hall–Kier alpha value is -2.10. The van der Waals surface area contributed by atoms with Crippen LogP contribution in [0.2, 0.25) is 0 Å². The molecule has 0 saturated carbocycles. The lowest BCUT2D eigenvalue weighted by molar-refractivity contribution is 0.358. The summed E-state index contributed by atoms with van der Waals surface area (Å²) in [5, 5.41) is 2.98. The lowest BCUT2D eigenvalue weighted by atomic mass is 10.1. The van der Waals surface area contributed by atoms with Crippen LogP contribution < -0.4 is 10.1 Å². The maximum Gasteiger partial charge on any atom is 0.223 e. The zero-order chi connectivity index (χ0) is 12.5. The van der Waals surface area contributed by atoms with Gasteiger partial charge in [0.1, 0.15) is 5.75 Å². The summed E-state index contributed by atoms with van der Waals surface area (Å²) < 4.78 is 5.72. The summed E-state index contributed by atoms with van der Waals surface area (Å²) in [6.45, 7) is 2.73. The number of fused-ring (bicyclic) bond motifs is 1. The Morgan fingerprint density at radius 2 is 2.17 bits per heavy atom. The molecule has 2 heterocycles. The molecule has 0 unspecified atom stereocenters. The minimum Gasteiger partial charge on any atom is -0.492 e. The number of aromatic nitrogens is 2. The molecule has 1 aliphatic rings. The molecule has 0 radical (unpaired) electrons. The molecule has 0 bridgehead atoms. The number of para-hydroxylation sites is 1. The summed E-state index contributed by atoms with van der Waals surface area (Å²) >= 11 is 0. The van der Waals surface area contributed by atoms with E-state index in [2.05, 4.69) is 27.4 Å². The van der Waals surface area contributed by atoms with Crippen molar-refractivity contribution in [3.63, 3.8) is 0 Å². The molecular formula is C14H15N3O. The van der Waals surface area contributed by atoms with E-state index < -0.39 is 0 Å². The SMILES string of the molecule is CNc1nc(C)cc(-c2cccc3c2OCC3)n1. The molecule has 1 aromatic heterocycles. The van der Waals surface area contributed by atoms with E-state index in [0.29, 0.717) is 5.95 Å². The minimum atomic E-state index is 0.639. The van der Waals surface area contributed by atoms with Gasteiger partial charge in [-0.1, -0.05) is 12.1 Å². The van der Waals surface area contributed by atoms with Gasteiger partial charge in [-0.2, -0.15) is 0 Å². The predicted molar refractivity (Wildman–Crippen MR) is 71.0 cm³/mol. The molecular weight excluding hydrogens is 226 g/mol. The van der Waals surface area contributed by atoms with Crippen LogP contribution in [0.15, 0.2) is 24.3 Å². The maximum atomic E-state index is 5.72. The predicted octanol–water partition coefficient (Wildman–Crippen LogP) is 2.43. The second kappa shape index (κ2) is 4.29. The Kier molecular flexibility index (Phi) is 2.63. The highest BCUT2D eigenvalue weighted by Crippen LogP contribution is 2.36. The van der Waals surface area contributed by atoms with Gasteiger partial charge in [-0.05, 0) is 24.6 Å². The van der Waals surface area contributed by atoms with Crippen molar-refractivity contribution < 1.29 is 4.74 Å². The van der Waals surface area contributed by atoms with E-state index in [4.69, 9.17) is 4.74 Å². The van der Waals surface area contributed by atoms with Crippen molar-refractivity contribution in [1.82, 2.24) is 9.97 Å². The first-order valence-electron chi connectivity index (χ1n) is 6.06. The average Bonchev–Trinajstić information content (AvgIpc) is 2.85.